The molecule has 2 atom stereocenters. The van der Waals surface area contributed by atoms with Gasteiger partial charge in [-0.3, -0.25) is 9.69 Å². The Hall–Kier alpha value is -1.39. The first-order valence-electron chi connectivity index (χ1n) is 7.43. The molecule has 3 N–H and O–H groups in total. The smallest absolute Gasteiger partial charge is 0.234 e. The molecule has 1 amide bonds. The van der Waals surface area contributed by atoms with Gasteiger partial charge in [-0.25, -0.2) is 0 Å². The molecule has 1 aromatic carbocycles. The van der Waals surface area contributed by atoms with Crippen LogP contribution in [0.25, 0.3) is 0 Å². The molecule has 2 unspecified atom stereocenters. The van der Waals surface area contributed by atoms with E-state index in [9.17, 15) is 4.79 Å². The Morgan fingerprint density at radius 2 is 2.15 bits per heavy atom. The molecule has 110 valence electrons. The normalized spacial score (nSPS) is 22.9. The second-order valence-electron chi connectivity index (χ2n) is 5.70. The summed E-state index contributed by atoms with van der Waals surface area (Å²) in [5.41, 5.74) is 6.96. The summed E-state index contributed by atoms with van der Waals surface area (Å²) in [5, 5.41) is 3.00. The van der Waals surface area contributed by atoms with Gasteiger partial charge in [-0.15, -0.1) is 0 Å². The summed E-state index contributed by atoms with van der Waals surface area (Å²) >= 11 is 0. The van der Waals surface area contributed by atoms with Crippen molar-refractivity contribution in [1.82, 2.24) is 10.2 Å². The van der Waals surface area contributed by atoms with Crippen LogP contribution in [-0.2, 0) is 11.2 Å². The van der Waals surface area contributed by atoms with E-state index in [2.05, 4.69) is 29.3 Å². The quantitative estimate of drug-likeness (QED) is 0.815. The molecule has 1 aliphatic rings. The number of hydrogen-bond acceptors (Lipinski definition) is 3. The summed E-state index contributed by atoms with van der Waals surface area (Å²) in [7, 11) is 0. The van der Waals surface area contributed by atoms with Crippen LogP contribution in [-0.4, -0.2) is 43.0 Å². The lowest BCUT2D eigenvalue weighted by Crippen LogP contribution is -2.39. The summed E-state index contributed by atoms with van der Waals surface area (Å²) in [6.07, 6.45) is 1.99. The first-order chi connectivity index (χ1) is 9.69. The van der Waals surface area contributed by atoms with Crippen LogP contribution >= 0.6 is 0 Å². The van der Waals surface area contributed by atoms with E-state index in [-0.39, 0.29) is 5.91 Å². The number of rotatable bonds is 6. The third kappa shape index (κ3) is 4.32. The first-order valence-corrected chi connectivity index (χ1v) is 7.43. The Kier molecular flexibility index (Phi) is 5.56. The van der Waals surface area contributed by atoms with Crippen molar-refractivity contribution in [3.63, 3.8) is 0 Å². The maximum atomic E-state index is 11.9. The first kappa shape index (κ1) is 15.0. The number of nitrogens with one attached hydrogen (secondary N) is 1. The molecule has 1 aliphatic heterocycles. The third-order valence-corrected chi connectivity index (χ3v) is 4.05. The van der Waals surface area contributed by atoms with Gasteiger partial charge in [-0.1, -0.05) is 30.3 Å². The number of hydrogen-bond donors (Lipinski definition) is 2. The standard InChI is InChI=1S/C16H25N3O/c1-13-9-15(10-17)11-19(13)12-16(20)18-8-7-14-5-3-2-4-6-14/h2-6,13,15H,7-12,17H2,1H3,(H,18,20). The van der Waals surface area contributed by atoms with Gasteiger partial charge in [-0.2, -0.15) is 0 Å². The second kappa shape index (κ2) is 7.41. The molecule has 1 fully saturated rings. The number of nitrogens with two attached hydrogens (primary N) is 1. The van der Waals surface area contributed by atoms with Gasteiger partial charge in [0.2, 0.25) is 5.91 Å². The largest absolute Gasteiger partial charge is 0.355 e. The van der Waals surface area contributed by atoms with E-state index < -0.39 is 0 Å². The molecule has 0 saturated carbocycles. The third-order valence-electron chi connectivity index (χ3n) is 4.05. The number of carbonyl (C=O) groups is 1. The van der Waals surface area contributed by atoms with Crippen molar-refractivity contribution in [3.8, 4) is 0 Å². The molecule has 0 bridgehead atoms. The zero-order valence-corrected chi connectivity index (χ0v) is 12.2. The van der Waals surface area contributed by atoms with Crippen molar-refractivity contribution in [3.05, 3.63) is 35.9 Å². The van der Waals surface area contributed by atoms with E-state index in [0.29, 0.717) is 25.0 Å². The van der Waals surface area contributed by atoms with Gasteiger partial charge in [-0.05, 0) is 37.8 Å². The summed E-state index contributed by atoms with van der Waals surface area (Å²) in [6, 6.07) is 10.7. The molecule has 0 aromatic heterocycles. The minimum Gasteiger partial charge on any atom is -0.355 e. The molecule has 4 nitrogen and oxygen atoms in total. The Morgan fingerprint density at radius 1 is 1.40 bits per heavy atom. The van der Waals surface area contributed by atoms with Crippen molar-refractivity contribution >= 4 is 5.91 Å². The van der Waals surface area contributed by atoms with Crippen molar-refractivity contribution < 1.29 is 4.79 Å². The minimum absolute atomic E-state index is 0.116. The Bertz CT molecular complexity index is 421. The van der Waals surface area contributed by atoms with E-state index in [1.54, 1.807) is 0 Å². The van der Waals surface area contributed by atoms with Gasteiger partial charge in [0.1, 0.15) is 0 Å². The number of nitrogens with zero attached hydrogens (tertiary/aromatic N) is 1. The highest BCUT2D eigenvalue weighted by Gasteiger charge is 2.28. The summed E-state index contributed by atoms with van der Waals surface area (Å²) in [5.74, 6) is 0.660. The van der Waals surface area contributed by atoms with E-state index >= 15 is 0 Å². The molecule has 20 heavy (non-hydrogen) atoms. The average Bonchev–Trinajstić information content (AvgIpc) is 2.80. The molecular weight excluding hydrogens is 250 g/mol. The molecule has 1 aromatic rings. The van der Waals surface area contributed by atoms with Gasteiger partial charge in [0.05, 0.1) is 6.54 Å². The zero-order chi connectivity index (χ0) is 14.4. The Balaban J connectivity index is 1.68. The fourth-order valence-corrected chi connectivity index (χ4v) is 2.84. The monoisotopic (exact) mass is 275 g/mol. The lowest BCUT2D eigenvalue weighted by atomic mass is 10.1. The molecule has 0 radical (unpaired) electrons. The van der Waals surface area contributed by atoms with Gasteiger partial charge in [0.15, 0.2) is 0 Å². The van der Waals surface area contributed by atoms with Crippen molar-refractivity contribution in [2.24, 2.45) is 11.7 Å². The lowest BCUT2D eigenvalue weighted by molar-refractivity contribution is -0.122. The molecule has 2 rings (SSSR count). The molecule has 1 heterocycles. The summed E-state index contributed by atoms with van der Waals surface area (Å²) in [4.78, 5) is 14.2. The van der Waals surface area contributed by atoms with E-state index in [1.165, 1.54) is 5.56 Å². The number of carbonyl (C=O) groups excluding carboxylic acids is 1. The zero-order valence-electron chi connectivity index (χ0n) is 12.2. The van der Waals surface area contributed by atoms with Gasteiger partial charge < -0.3 is 11.1 Å². The second-order valence-corrected chi connectivity index (χ2v) is 5.70. The van der Waals surface area contributed by atoms with Crippen LogP contribution in [0.1, 0.15) is 18.9 Å². The average molecular weight is 275 g/mol. The highest BCUT2D eigenvalue weighted by Crippen LogP contribution is 2.21. The predicted octanol–water partition coefficient (Wildman–Crippen LogP) is 1.01. The van der Waals surface area contributed by atoms with Crippen LogP contribution in [0.15, 0.2) is 30.3 Å². The summed E-state index contributed by atoms with van der Waals surface area (Å²) in [6.45, 7) is 5.03. The minimum atomic E-state index is 0.116. The van der Waals surface area contributed by atoms with Gasteiger partial charge in [0.25, 0.3) is 0 Å². The Labute approximate surface area is 121 Å². The van der Waals surface area contributed by atoms with E-state index in [4.69, 9.17) is 5.73 Å². The number of benzene rings is 1. The van der Waals surface area contributed by atoms with Crippen LogP contribution in [0.4, 0.5) is 0 Å². The maximum absolute atomic E-state index is 11.9. The fourth-order valence-electron chi connectivity index (χ4n) is 2.84. The molecule has 0 spiro atoms. The Morgan fingerprint density at radius 3 is 2.80 bits per heavy atom. The number of likely N-dealkylation sites (tertiary alicyclic amines) is 1. The number of amides is 1. The predicted molar refractivity (Wildman–Crippen MR) is 81.4 cm³/mol. The van der Waals surface area contributed by atoms with Crippen molar-refractivity contribution in [2.45, 2.75) is 25.8 Å². The van der Waals surface area contributed by atoms with Crippen LogP contribution < -0.4 is 11.1 Å². The van der Waals surface area contributed by atoms with Crippen LogP contribution in [0.2, 0.25) is 0 Å². The van der Waals surface area contributed by atoms with E-state index in [1.807, 2.05) is 18.2 Å². The van der Waals surface area contributed by atoms with Crippen molar-refractivity contribution in [1.29, 1.82) is 0 Å². The van der Waals surface area contributed by atoms with E-state index in [0.717, 1.165) is 25.9 Å². The molecular formula is C16H25N3O. The SMILES string of the molecule is CC1CC(CN)CN1CC(=O)NCCc1ccccc1. The topological polar surface area (TPSA) is 58.4 Å². The van der Waals surface area contributed by atoms with Crippen LogP contribution in [0.5, 0.6) is 0 Å². The van der Waals surface area contributed by atoms with Crippen LogP contribution in [0.3, 0.4) is 0 Å². The lowest BCUT2D eigenvalue weighted by Gasteiger charge is -2.20. The highest BCUT2D eigenvalue weighted by molar-refractivity contribution is 5.78. The van der Waals surface area contributed by atoms with Gasteiger partial charge in [0, 0.05) is 19.1 Å². The fraction of sp³-hybridized carbons (Fsp3) is 0.562. The van der Waals surface area contributed by atoms with Crippen LogP contribution in [0, 0.1) is 5.92 Å². The molecule has 0 aliphatic carbocycles. The van der Waals surface area contributed by atoms with Crippen molar-refractivity contribution in [2.75, 3.05) is 26.2 Å². The maximum Gasteiger partial charge on any atom is 0.234 e. The summed E-state index contributed by atoms with van der Waals surface area (Å²) < 4.78 is 0. The molecule has 1 saturated heterocycles. The van der Waals surface area contributed by atoms with Gasteiger partial charge >= 0.3 is 0 Å². The highest BCUT2D eigenvalue weighted by atomic mass is 16.2. The molecule has 4 heteroatoms.